The minimum atomic E-state index is -0.396. The lowest BCUT2D eigenvalue weighted by atomic mass is 10.1. The van der Waals surface area contributed by atoms with Crippen molar-refractivity contribution in [2.24, 2.45) is 7.05 Å². The van der Waals surface area contributed by atoms with Crippen molar-refractivity contribution < 1.29 is 9.53 Å². The Morgan fingerprint density at radius 3 is 2.67 bits per heavy atom. The van der Waals surface area contributed by atoms with Crippen molar-refractivity contribution in [1.29, 1.82) is 0 Å². The van der Waals surface area contributed by atoms with Gasteiger partial charge in [-0.1, -0.05) is 0 Å². The number of hydrogen-bond donors (Lipinski definition) is 0. The third kappa shape index (κ3) is 3.04. The van der Waals surface area contributed by atoms with Crippen molar-refractivity contribution in [2.75, 3.05) is 6.61 Å². The molecule has 0 fully saturated rings. The molecular weight excluding hydrogens is 270 g/mol. The van der Waals surface area contributed by atoms with Gasteiger partial charge in [-0.2, -0.15) is 5.10 Å². The number of esters is 1. The first kappa shape index (κ1) is 15.0. The van der Waals surface area contributed by atoms with E-state index in [1.807, 2.05) is 13.2 Å². The normalized spacial score (nSPS) is 10.7. The Balaban J connectivity index is 2.48. The van der Waals surface area contributed by atoms with E-state index in [1.54, 1.807) is 36.2 Å². The fourth-order valence-electron chi connectivity index (χ4n) is 2.37. The van der Waals surface area contributed by atoms with Crippen LogP contribution in [0, 0.1) is 13.8 Å². The molecule has 0 radical (unpaired) electrons. The van der Waals surface area contributed by atoms with Crippen LogP contribution in [0.4, 0.5) is 0 Å². The average molecular weight is 289 g/mol. The van der Waals surface area contributed by atoms with Gasteiger partial charge in [-0.15, -0.1) is 0 Å². The number of carbonyl (C=O) groups is 1. The highest BCUT2D eigenvalue weighted by Crippen LogP contribution is 2.14. The van der Waals surface area contributed by atoms with Crippen molar-refractivity contribution in [1.82, 2.24) is 14.3 Å². The number of ether oxygens (including phenoxy) is 1. The van der Waals surface area contributed by atoms with E-state index >= 15 is 0 Å². The minimum Gasteiger partial charge on any atom is -0.462 e. The zero-order chi connectivity index (χ0) is 15.6. The molecule has 0 aliphatic heterocycles. The van der Waals surface area contributed by atoms with Crippen molar-refractivity contribution in [3.8, 4) is 0 Å². The lowest BCUT2D eigenvalue weighted by Crippen LogP contribution is -2.26. The molecule has 2 rings (SSSR count). The number of pyridine rings is 1. The summed E-state index contributed by atoms with van der Waals surface area (Å²) >= 11 is 0. The van der Waals surface area contributed by atoms with Gasteiger partial charge in [0.15, 0.2) is 0 Å². The van der Waals surface area contributed by atoms with Gasteiger partial charge in [0.2, 0.25) is 0 Å². The van der Waals surface area contributed by atoms with Gasteiger partial charge in [0, 0.05) is 30.6 Å². The van der Waals surface area contributed by atoms with Gasteiger partial charge in [-0.05, 0) is 26.3 Å². The van der Waals surface area contributed by atoms with E-state index < -0.39 is 5.97 Å². The average Bonchev–Trinajstić information content (AvgIpc) is 2.80. The smallest absolute Gasteiger partial charge is 0.340 e. The van der Waals surface area contributed by atoms with Gasteiger partial charge in [0.25, 0.3) is 5.56 Å². The third-order valence-corrected chi connectivity index (χ3v) is 3.35. The standard InChI is InChI=1S/C15H19N3O3/c1-5-21-15(20)14-10(2)6-13(19)18(11(14)3)9-12-7-16-17(4)8-12/h6-8H,5,9H2,1-4H3. The Morgan fingerprint density at radius 1 is 1.38 bits per heavy atom. The number of aromatic nitrogens is 3. The summed E-state index contributed by atoms with van der Waals surface area (Å²) < 4.78 is 8.31. The molecule has 6 nitrogen and oxygen atoms in total. The first-order valence-corrected chi connectivity index (χ1v) is 6.79. The van der Waals surface area contributed by atoms with E-state index in [-0.39, 0.29) is 5.56 Å². The van der Waals surface area contributed by atoms with E-state index in [0.29, 0.717) is 30.0 Å². The van der Waals surface area contributed by atoms with Crippen LogP contribution in [0.2, 0.25) is 0 Å². The summed E-state index contributed by atoms with van der Waals surface area (Å²) in [6, 6.07) is 1.47. The zero-order valence-electron chi connectivity index (χ0n) is 12.7. The molecule has 0 aromatic carbocycles. The topological polar surface area (TPSA) is 66.1 Å². The van der Waals surface area contributed by atoms with Crippen LogP contribution in [0.1, 0.15) is 34.1 Å². The Morgan fingerprint density at radius 2 is 2.10 bits per heavy atom. The molecule has 0 atom stereocenters. The molecule has 0 aliphatic carbocycles. The fourth-order valence-corrected chi connectivity index (χ4v) is 2.37. The molecule has 2 aromatic rings. The fraction of sp³-hybridized carbons (Fsp3) is 0.400. The van der Waals surface area contributed by atoms with E-state index in [0.717, 1.165) is 5.56 Å². The molecule has 2 heterocycles. The second kappa shape index (κ2) is 5.95. The van der Waals surface area contributed by atoms with Crippen LogP contribution >= 0.6 is 0 Å². The molecule has 2 aromatic heterocycles. The van der Waals surface area contributed by atoms with Crippen molar-refractivity contribution in [3.63, 3.8) is 0 Å². The maximum atomic E-state index is 12.2. The lowest BCUT2D eigenvalue weighted by Gasteiger charge is -2.14. The summed E-state index contributed by atoms with van der Waals surface area (Å²) in [5.41, 5.74) is 2.48. The molecule has 0 saturated carbocycles. The first-order chi connectivity index (χ1) is 9.93. The van der Waals surface area contributed by atoms with Crippen LogP contribution in [0.5, 0.6) is 0 Å². The summed E-state index contributed by atoms with van der Waals surface area (Å²) in [7, 11) is 1.82. The predicted octanol–water partition coefficient (Wildman–Crippen LogP) is 1.42. The maximum absolute atomic E-state index is 12.2. The number of aryl methyl sites for hydroxylation is 2. The SMILES string of the molecule is CCOC(=O)c1c(C)cc(=O)n(Cc2cnn(C)c2)c1C. The first-order valence-electron chi connectivity index (χ1n) is 6.79. The van der Waals surface area contributed by atoms with Gasteiger partial charge in [-0.25, -0.2) is 4.79 Å². The van der Waals surface area contributed by atoms with E-state index in [1.165, 1.54) is 6.07 Å². The second-order valence-corrected chi connectivity index (χ2v) is 4.95. The third-order valence-electron chi connectivity index (χ3n) is 3.35. The summed E-state index contributed by atoms with van der Waals surface area (Å²) in [4.78, 5) is 24.2. The number of nitrogens with zero attached hydrogens (tertiary/aromatic N) is 3. The molecule has 6 heteroatoms. The molecule has 0 spiro atoms. The van der Waals surface area contributed by atoms with Gasteiger partial charge in [0.05, 0.1) is 24.9 Å². The Kier molecular flexibility index (Phi) is 4.26. The summed E-state index contributed by atoms with van der Waals surface area (Å²) in [5.74, 6) is -0.396. The summed E-state index contributed by atoms with van der Waals surface area (Å²) in [6.45, 7) is 5.95. The van der Waals surface area contributed by atoms with Crippen LogP contribution in [0.25, 0.3) is 0 Å². The number of carbonyl (C=O) groups excluding carboxylic acids is 1. The molecule has 0 saturated heterocycles. The Bertz CT molecular complexity index is 728. The van der Waals surface area contributed by atoms with Crippen LogP contribution in [-0.2, 0) is 18.3 Å². The van der Waals surface area contributed by atoms with Gasteiger partial charge >= 0.3 is 5.97 Å². The van der Waals surface area contributed by atoms with Crippen LogP contribution in [0.15, 0.2) is 23.3 Å². The monoisotopic (exact) mass is 289 g/mol. The zero-order valence-corrected chi connectivity index (χ0v) is 12.7. The van der Waals surface area contributed by atoms with Gasteiger partial charge in [0.1, 0.15) is 0 Å². The molecule has 0 amide bonds. The van der Waals surface area contributed by atoms with Gasteiger partial charge in [-0.3, -0.25) is 9.48 Å². The minimum absolute atomic E-state index is 0.137. The molecule has 0 N–H and O–H groups in total. The quantitative estimate of drug-likeness (QED) is 0.799. The Labute approximate surface area is 123 Å². The molecular formula is C15H19N3O3. The highest BCUT2D eigenvalue weighted by atomic mass is 16.5. The second-order valence-electron chi connectivity index (χ2n) is 4.95. The molecule has 112 valence electrons. The van der Waals surface area contributed by atoms with Crippen LogP contribution in [-0.4, -0.2) is 26.9 Å². The van der Waals surface area contributed by atoms with Crippen molar-refractivity contribution in [3.05, 3.63) is 51.2 Å². The predicted molar refractivity (Wildman–Crippen MR) is 78.4 cm³/mol. The van der Waals surface area contributed by atoms with Crippen molar-refractivity contribution in [2.45, 2.75) is 27.3 Å². The molecule has 0 bridgehead atoms. The number of rotatable bonds is 4. The van der Waals surface area contributed by atoms with Crippen LogP contribution in [0.3, 0.4) is 0 Å². The highest BCUT2D eigenvalue weighted by molar-refractivity contribution is 5.92. The summed E-state index contributed by atoms with van der Waals surface area (Å²) in [6.07, 6.45) is 3.55. The van der Waals surface area contributed by atoms with E-state index in [4.69, 9.17) is 4.74 Å². The largest absolute Gasteiger partial charge is 0.462 e. The summed E-state index contributed by atoms with van der Waals surface area (Å²) in [5, 5.41) is 4.09. The Hall–Kier alpha value is -2.37. The maximum Gasteiger partial charge on any atom is 0.340 e. The molecule has 0 aliphatic rings. The van der Waals surface area contributed by atoms with Crippen molar-refractivity contribution >= 4 is 5.97 Å². The van der Waals surface area contributed by atoms with E-state index in [9.17, 15) is 9.59 Å². The van der Waals surface area contributed by atoms with Crippen LogP contribution < -0.4 is 5.56 Å². The lowest BCUT2D eigenvalue weighted by molar-refractivity contribution is 0.0523. The molecule has 21 heavy (non-hydrogen) atoms. The van der Waals surface area contributed by atoms with E-state index in [2.05, 4.69) is 5.10 Å². The van der Waals surface area contributed by atoms with Gasteiger partial charge < -0.3 is 9.30 Å². The molecule has 0 unspecified atom stereocenters. The number of hydrogen-bond acceptors (Lipinski definition) is 4. The highest BCUT2D eigenvalue weighted by Gasteiger charge is 2.18.